The van der Waals surface area contributed by atoms with Gasteiger partial charge in [-0.15, -0.1) is 0 Å². The van der Waals surface area contributed by atoms with E-state index in [1.54, 1.807) is 18.7 Å². The summed E-state index contributed by atoms with van der Waals surface area (Å²) in [4.78, 5) is 29.0. The molecule has 5 nitrogen and oxygen atoms in total. The zero-order valence-electron chi connectivity index (χ0n) is 13.6. The molecule has 0 saturated carbocycles. The van der Waals surface area contributed by atoms with Gasteiger partial charge in [-0.2, -0.15) is 0 Å². The van der Waals surface area contributed by atoms with Gasteiger partial charge in [0.05, 0.1) is 0 Å². The molecular formula is C17H25N3O2. The molecule has 0 aromatic heterocycles. The van der Waals surface area contributed by atoms with Crippen LogP contribution in [-0.4, -0.2) is 54.8 Å². The lowest BCUT2D eigenvalue weighted by atomic mass is 9.90. The minimum Gasteiger partial charge on any atom is -0.351 e. The molecular weight excluding hydrogens is 278 g/mol. The van der Waals surface area contributed by atoms with Gasteiger partial charge in [0.15, 0.2) is 0 Å². The van der Waals surface area contributed by atoms with E-state index in [1.165, 1.54) is 0 Å². The van der Waals surface area contributed by atoms with Crippen molar-refractivity contribution in [1.82, 2.24) is 15.1 Å². The Labute approximate surface area is 132 Å². The van der Waals surface area contributed by atoms with Crippen molar-refractivity contribution >= 4 is 11.8 Å². The van der Waals surface area contributed by atoms with Crippen LogP contribution in [0.4, 0.5) is 0 Å². The van der Waals surface area contributed by atoms with Crippen LogP contribution in [0.15, 0.2) is 30.3 Å². The van der Waals surface area contributed by atoms with E-state index < -0.39 is 5.41 Å². The van der Waals surface area contributed by atoms with Crippen LogP contribution in [0.2, 0.25) is 0 Å². The number of carbonyl (C=O) groups is 2. The third-order valence-corrected chi connectivity index (χ3v) is 4.19. The van der Waals surface area contributed by atoms with Crippen LogP contribution in [-0.2, 0) is 16.1 Å². The second-order valence-electron chi connectivity index (χ2n) is 6.39. The lowest BCUT2D eigenvalue weighted by Gasteiger charge is -2.36. The third kappa shape index (κ3) is 3.85. The van der Waals surface area contributed by atoms with Gasteiger partial charge in [0.2, 0.25) is 11.8 Å². The Balaban J connectivity index is 1.93. The number of likely N-dealkylation sites (N-methyl/N-ethyl adjacent to an activating group) is 1. The van der Waals surface area contributed by atoms with Gasteiger partial charge >= 0.3 is 0 Å². The number of amides is 2. The number of nitrogens with zero attached hydrogens (tertiary/aromatic N) is 2. The van der Waals surface area contributed by atoms with Crippen molar-refractivity contribution in [1.29, 1.82) is 0 Å². The van der Waals surface area contributed by atoms with Crippen LogP contribution in [0.25, 0.3) is 0 Å². The van der Waals surface area contributed by atoms with Crippen molar-refractivity contribution in [3.63, 3.8) is 0 Å². The Morgan fingerprint density at radius 1 is 1.09 bits per heavy atom. The summed E-state index contributed by atoms with van der Waals surface area (Å²) in [5.74, 6) is -0.313. The first kappa shape index (κ1) is 16.5. The first-order chi connectivity index (χ1) is 10.4. The maximum atomic E-state index is 12.6. The van der Waals surface area contributed by atoms with Gasteiger partial charge in [-0.25, -0.2) is 0 Å². The molecule has 0 atom stereocenters. The van der Waals surface area contributed by atoms with Gasteiger partial charge in [-0.3, -0.25) is 9.59 Å². The summed E-state index contributed by atoms with van der Waals surface area (Å²) in [6.07, 6.45) is 0. The number of benzene rings is 1. The maximum absolute atomic E-state index is 12.6. The average molecular weight is 303 g/mol. The fraction of sp³-hybridized carbons (Fsp3) is 0.529. The monoisotopic (exact) mass is 303 g/mol. The molecule has 0 bridgehead atoms. The van der Waals surface area contributed by atoms with E-state index in [9.17, 15) is 9.59 Å². The second-order valence-corrected chi connectivity index (χ2v) is 6.39. The third-order valence-electron chi connectivity index (χ3n) is 4.19. The molecule has 1 fully saturated rings. The standard InChI is InChI=1S/C17H25N3O2/c1-17(2,16(22)20-11-9-19(3)10-12-20)15(21)18-13-14-7-5-4-6-8-14/h4-8H,9-13H2,1-3H3,(H,18,21). The van der Waals surface area contributed by atoms with E-state index in [2.05, 4.69) is 10.2 Å². The van der Waals surface area contributed by atoms with E-state index in [1.807, 2.05) is 37.4 Å². The maximum Gasteiger partial charge on any atom is 0.237 e. The van der Waals surface area contributed by atoms with Gasteiger partial charge in [0.25, 0.3) is 0 Å². The largest absolute Gasteiger partial charge is 0.351 e. The average Bonchev–Trinajstić information content (AvgIpc) is 2.53. The fourth-order valence-corrected chi connectivity index (χ4v) is 2.50. The summed E-state index contributed by atoms with van der Waals surface area (Å²) in [5, 5.41) is 2.87. The molecule has 0 unspecified atom stereocenters. The first-order valence-corrected chi connectivity index (χ1v) is 7.71. The predicted molar refractivity (Wildman–Crippen MR) is 86.1 cm³/mol. The zero-order chi connectivity index (χ0) is 16.2. The van der Waals surface area contributed by atoms with Gasteiger partial charge < -0.3 is 15.1 Å². The van der Waals surface area contributed by atoms with Crippen molar-refractivity contribution in [2.45, 2.75) is 20.4 Å². The molecule has 1 saturated heterocycles. The van der Waals surface area contributed by atoms with E-state index >= 15 is 0 Å². The summed E-state index contributed by atoms with van der Waals surface area (Å²) < 4.78 is 0. The molecule has 22 heavy (non-hydrogen) atoms. The molecule has 1 aromatic carbocycles. The van der Waals surface area contributed by atoms with Crippen molar-refractivity contribution in [3.8, 4) is 0 Å². The van der Waals surface area contributed by atoms with Crippen LogP contribution >= 0.6 is 0 Å². The van der Waals surface area contributed by atoms with E-state index in [4.69, 9.17) is 0 Å². The Hall–Kier alpha value is -1.88. The topological polar surface area (TPSA) is 52.7 Å². The molecule has 2 amide bonds. The van der Waals surface area contributed by atoms with E-state index in [0.29, 0.717) is 19.6 Å². The second kappa shape index (κ2) is 6.92. The molecule has 1 aromatic rings. The lowest BCUT2D eigenvalue weighted by Crippen LogP contribution is -2.54. The molecule has 0 spiro atoms. The van der Waals surface area contributed by atoms with Crippen molar-refractivity contribution in [3.05, 3.63) is 35.9 Å². The number of nitrogens with one attached hydrogen (secondary N) is 1. The van der Waals surface area contributed by atoms with Crippen LogP contribution < -0.4 is 5.32 Å². The normalized spacial score (nSPS) is 16.4. The Morgan fingerprint density at radius 2 is 1.68 bits per heavy atom. The molecule has 2 rings (SSSR count). The quantitative estimate of drug-likeness (QED) is 0.848. The summed E-state index contributed by atoms with van der Waals surface area (Å²) in [6.45, 7) is 6.93. The number of hydrogen-bond acceptors (Lipinski definition) is 3. The molecule has 0 aliphatic carbocycles. The SMILES string of the molecule is CN1CCN(C(=O)C(C)(C)C(=O)NCc2ccccc2)CC1. The smallest absolute Gasteiger partial charge is 0.237 e. The summed E-state index contributed by atoms with van der Waals surface area (Å²) in [7, 11) is 2.04. The highest BCUT2D eigenvalue weighted by Crippen LogP contribution is 2.20. The highest BCUT2D eigenvalue weighted by atomic mass is 16.2. The van der Waals surface area contributed by atoms with Crippen LogP contribution in [0, 0.1) is 5.41 Å². The van der Waals surface area contributed by atoms with E-state index in [0.717, 1.165) is 18.7 Å². The van der Waals surface area contributed by atoms with Gasteiger partial charge in [0.1, 0.15) is 5.41 Å². The molecule has 0 radical (unpaired) electrons. The summed E-state index contributed by atoms with van der Waals surface area (Å²) in [5.41, 5.74) is -0.0104. The van der Waals surface area contributed by atoms with Crippen molar-refractivity contribution < 1.29 is 9.59 Å². The lowest BCUT2D eigenvalue weighted by molar-refractivity contribution is -0.149. The Morgan fingerprint density at radius 3 is 2.27 bits per heavy atom. The van der Waals surface area contributed by atoms with Gasteiger partial charge in [0, 0.05) is 32.7 Å². The Kier molecular flexibility index (Phi) is 5.19. The highest BCUT2D eigenvalue weighted by molar-refractivity contribution is 6.04. The summed E-state index contributed by atoms with van der Waals surface area (Å²) in [6, 6.07) is 9.71. The van der Waals surface area contributed by atoms with Crippen molar-refractivity contribution in [2.24, 2.45) is 5.41 Å². The van der Waals surface area contributed by atoms with E-state index in [-0.39, 0.29) is 11.8 Å². The van der Waals surface area contributed by atoms with Gasteiger partial charge in [-0.05, 0) is 26.5 Å². The number of piperazine rings is 1. The molecule has 1 N–H and O–H groups in total. The number of rotatable bonds is 4. The van der Waals surface area contributed by atoms with Crippen LogP contribution in [0.3, 0.4) is 0 Å². The highest BCUT2D eigenvalue weighted by Gasteiger charge is 2.39. The van der Waals surface area contributed by atoms with Crippen LogP contribution in [0.1, 0.15) is 19.4 Å². The fourth-order valence-electron chi connectivity index (χ4n) is 2.50. The molecule has 5 heteroatoms. The minimum atomic E-state index is -1.04. The minimum absolute atomic E-state index is 0.0915. The number of hydrogen-bond donors (Lipinski definition) is 1. The Bertz CT molecular complexity index is 520. The van der Waals surface area contributed by atoms with Gasteiger partial charge in [-0.1, -0.05) is 30.3 Å². The predicted octanol–water partition coefficient (Wildman–Crippen LogP) is 1.10. The molecule has 1 aliphatic rings. The van der Waals surface area contributed by atoms with Crippen molar-refractivity contribution in [2.75, 3.05) is 33.2 Å². The molecule has 1 heterocycles. The zero-order valence-corrected chi connectivity index (χ0v) is 13.6. The first-order valence-electron chi connectivity index (χ1n) is 7.71. The molecule has 120 valence electrons. The molecule has 1 aliphatic heterocycles. The number of carbonyl (C=O) groups excluding carboxylic acids is 2. The summed E-state index contributed by atoms with van der Waals surface area (Å²) >= 11 is 0. The van der Waals surface area contributed by atoms with Crippen LogP contribution in [0.5, 0.6) is 0 Å².